The van der Waals surface area contributed by atoms with Crippen molar-refractivity contribution in [1.29, 1.82) is 5.26 Å². The molecule has 0 aliphatic carbocycles. The maximum atomic E-state index is 12.5. The summed E-state index contributed by atoms with van der Waals surface area (Å²) in [5.74, 6) is -1.20. The van der Waals surface area contributed by atoms with Crippen molar-refractivity contribution < 1.29 is 9.59 Å². The minimum absolute atomic E-state index is 0.135. The van der Waals surface area contributed by atoms with Crippen LogP contribution in [0.3, 0.4) is 0 Å². The van der Waals surface area contributed by atoms with Gasteiger partial charge in [0, 0.05) is 18.5 Å². The molecule has 142 valence electrons. The van der Waals surface area contributed by atoms with Crippen molar-refractivity contribution in [2.45, 2.75) is 39.0 Å². The molecule has 0 saturated carbocycles. The number of aromatic nitrogens is 1. The van der Waals surface area contributed by atoms with Gasteiger partial charge in [-0.05, 0) is 55.7 Å². The summed E-state index contributed by atoms with van der Waals surface area (Å²) in [6.07, 6.45) is 0.809. The first kappa shape index (κ1) is 19.7. The number of Topliss-reactive ketones (excluding diaryl/α,β-unsaturated/α-hetero) is 1. The summed E-state index contributed by atoms with van der Waals surface area (Å²) >= 11 is 1.37. The first-order valence-corrected chi connectivity index (χ1v) is 9.94. The third-order valence-corrected chi connectivity index (χ3v) is 5.73. The van der Waals surface area contributed by atoms with E-state index in [1.807, 2.05) is 56.3 Å². The molecule has 1 amide bonds. The van der Waals surface area contributed by atoms with Crippen molar-refractivity contribution in [2.24, 2.45) is 0 Å². The number of nitrogens with zero attached hydrogens (tertiary/aromatic N) is 2. The number of hydrogen-bond acceptors (Lipinski definition) is 5. The normalized spacial score (nSPS) is 11.8. The van der Waals surface area contributed by atoms with Gasteiger partial charge < -0.3 is 5.32 Å². The van der Waals surface area contributed by atoms with E-state index in [9.17, 15) is 14.9 Å². The van der Waals surface area contributed by atoms with Crippen LogP contribution in [0.1, 0.15) is 41.3 Å². The number of hydrogen-bond donors (Lipinski definition) is 1. The molecule has 0 radical (unpaired) electrons. The number of nitrogens with one attached hydrogen (secondary N) is 1. The number of fused-ring (bicyclic) bond motifs is 1. The zero-order chi connectivity index (χ0) is 20.1. The maximum Gasteiger partial charge on any atom is 0.224 e. The number of carbonyl (C=O) groups excluding carboxylic acids is 2. The van der Waals surface area contributed by atoms with Crippen molar-refractivity contribution >= 4 is 38.9 Å². The van der Waals surface area contributed by atoms with Gasteiger partial charge in [-0.25, -0.2) is 4.98 Å². The molecule has 0 bridgehead atoms. The van der Waals surface area contributed by atoms with Crippen LogP contribution in [-0.4, -0.2) is 16.7 Å². The highest BCUT2D eigenvalue weighted by atomic mass is 32.1. The van der Waals surface area contributed by atoms with E-state index in [2.05, 4.69) is 16.4 Å². The van der Waals surface area contributed by atoms with Crippen molar-refractivity contribution in [3.05, 3.63) is 58.6 Å². The predicted octanol–water partition coefficient (Wildman–Crippen LogP) is 4.90. The molecule has 5 nitrogen and oxygen atoms in total. The molecule has 6 heteroatoms. The number of anilines is 1. The van der Waals surface area contributed by atoms with E-state index in [0.29, 0.717) is 11.4 Å². The van der Waals surface area contributed by atoms with Gasteiger partial charge in [0.2, 0.25) is 5.91 Å². The number of para-hydroxylation sites is 1. The Morgan fingerprint density at radius 3 is 2.64 bits per heavy atom. The standard InChI is InChI=1S/C22H21N3O2S/c1-14-10-11-16(12-15(14)2)24-21(27)9-5-7-19(26)17(13-23)22-25-18-6-3-4-8-20(18)28-22/h3-4,6,8,10-12,17H,5,7,9H2,1-2H3,(H,24,27). The molecule has 0 aliphatic rings. The van der Waals surface area contributed by atoms with Gasteiger partial charge in [0.1, 0.15) is 5.01 Å². The number of nitriles is 1. The van der Waals surface area contributed by atoms with Crippen LogP contribution >= 0.6 is 11.3 Å². The van der Waals surface area contributed by atoms with E-state index in [4.69, 9.17) is 0 Å². The number of thiazole rings is 1. The molecule has 1 N–H and O–H groups in total. The Labute approximate surface area is 168 Å². The monoisotopic (exact) mass is 391 g/mol. The van der Waals surface area contributed by atoms with Crippen LogP contribution in [-0.2, 0) is 9.59 Å². The zero-order valence-corrected chi connectivity index (χ0v) is 16.7. The Bertz CT molecular complexity index is 1030. The molecular weight excluding hydrogens is 370 g/mol. The summed E-state index contributed by atoms with van der Waals surface area (Å²) in [7, 11) is 0. The summed E-state index contributed by atoms with van der Waals surface area (Å²) in [5.41, 5.74) is 3.83. The van der Waals surface area contributed by atoms with Gasteiger partial charge in [-0.15, -0.1) is 11.3 Å². The molecule has 1 heterocycles. The molecular formula is C22H21N3O2S. The predicted molar refractivity (Wildman–Crippen MR) is 111 cm³/mol. The fourth-order valence-electron chi connectivity index (χ4n) is 2.89. The van der Waals surface area contributed by atoms with E-state index < -0.39 is 5.92 Å². The highest BCUT2D eigenvalue weighted by Gasteiger charge is 2.23. The van der Waals surface area contributed by atoms with Gasteiger partial charge in [-0.2, -0.15) is 5.26 Å². The number of amides is 1. The largest absolute Gasteiger partial charge is 0.326 e. The van der Waals surface area contributed by atoms with Crippen molar-refractivity contribution in [3.63, 3.8) is 0 Å². The second kappa shape index (κ2) is 8.77. The quantitative estimate of drug-likeness (QED) is 0.621. The topological polar surface area (TPSA) is 82.9 Å². The third-order valence-electron chi connectivity index (χ3n) is 4.63. The number of rotatable bonds is 7. The molecule has 1 aromatic heterocycles. The number of ketones is 1. The Morgan fingerprint density at radius 2 is 1.93 bits per heavy atom. The van der Waals surface area contributed by atoms with E-state index in [1.54, 1.807) is 0 Å². The molecule has 0 fully saturated rings. The van der Waals surface area contributed by atoms with Gasteiger partial charge in [0.25, 0.3) is 0 Å². The molecule has 1 atom stereocenters. The van der Waals surface area contributed by atoms with Crippen LogP contribution in [0.15, 0.2) is 42.5 Å². The first-order chi connectivity index (χ1) is 13.5. The first-order valence-electron chi connectivity index (χ1n) is 9.13. The fraction of sp³-hybridized carbons (Fsp3) is 0.273. The van der Waals surface area contributed by atoms with E-state index in [1.165, 1.54) is 16.9 Å². The van der Waals surface area contributed by atoms with Crippen LogP contribution in [0.2, 0.25) is 0 Å². The van der Waals surface area contributed by atoms with Gasteiger partial charge >= 0.3 is 0 Å². The second-order valence-corrected chi connectivity index (χ2v) is 7.81. The van der Waals surface area contributed by atoms with Crippen LogP contribution in [0, 0.1) is 25.2 Å². The summed E-state index contributed by atoms with van der Waals surface area (Å²) in [5, 5.41) is 12.8. The molecule has 0 saturated heterocycles. The Balaban J connectivity index is 1.54. The Morgan fingerprint density at radius 1 is 1.14 bits per heavy atom. The lowest BCUT2D eigenvalue weighted by Crippen LogP contribution is -2.14. The van der Waals surface area contributed by atoms with E-state index in [-0.39, 0.29) is 24.5 Å². The molecule has 1 unspecified atom stereocenters. The third kappa shape index (κ3) is 4.62. The van der Waals surface area contributed by atoms with Gasteiger partial charge in [-0.1, -0.05) is 18.2 Å². The Hall–Kier alpha value is -3.04. The molecule has 0 spiro atoms. The van der Waals surface area contributed by atoms with Crippen LogP contribution in [0.4, 0.5) is 5.69 Å². The zero-order valence-electron chi connectivity index (χ0n) is 15.9. The van der Waals surface area contributed by atoms with E-state index in [0.717, 1.165) is 21.5 Å². The minimum atomic E-state index is -0.875. The molecule has 2 aromatic carbocycles. The molecule has 3 aromatic rings. The lowest BCUT2D eigenvalue weighted by atomic mass is 10.0. The van der Waals surface area contributed by atoms with Crippen molar-refractivity contribution in [2.75, 3.05) is 5.32 Å². The van der Waals surface area contributed by atoms with E-state index >= 15 is 0 Å². The summed E-state index contributed by atoms with van der Waals surface area (Å²) in [6, 6.07) is 15.4. The van der Waals surface area contributed by atoms with Crippen LogP contribution in [0.25, 0.3) is 10.2 Å². The highest BCUT2D eigenvalue weighted by molar-refractivity contribution is 7.18. The highest BCUT2D eigenvalue weighted by Crippen LogP contribution is 2.28. The minimum Gasteiger partial charge on any atom is -0.326 e. The molecule has 28 heavy (non-hydrogen) atoms. The summed E-state index contributed by atoms with van der Waals surface area (Å²) < 4.78 is 0.957. The van der Waals surface area contributed by atoms with Gasteiger partial charge in [-0.3, -0.25) is 9.59 Å². The number of carbonyl (C=O) groups is 2. The van der Waals surface area contributed by atoms with Crippen molar-refractivity contribution in [3.8, 4) is 6.07 Å². The van der Waals surface area contributed by atoms with Gasteiger partial charge in [0.15, 0.2) is 11.7 Å². The second-order valence-electron chi connectivity index (χ2n) is 6.75. The molecule has 3 rings (SSSR count). The SMILES string of the molecule is Cc1ccc(NC(=O)CCCC(=O)C(C#N)c2nc3ccccc3s2)cc1C. The van der Waals surface area contributed by atoms with Crippen LogP contribution < -0.4 is 5.32 Å². The Kier molecular flexibility index (Phi) is 6.17. The van der Waals surface area contributed by atoms with Gasteiger partial charge in [0.05, 0.1) is 16.3 Å². The maximum absolute atomic E-state index is 12.5. The van der Waals surface area contributed by atoms with Crippen molar-refractivity contribution in [1.82, 2.24) is 4.98 Å². The average molecular weight is 391 g/mol. The smallest absolute Gasteiger partial charge is 0.224 e. The summed E-state index contributed by atoms with van der Waals surface area (Å²) in [4.78, 5) is 29.0. The lowest BCUT2D eigenvalue weighted by Gasteiger charge is -2.08. The number of benzene rings is 2. The fourth-order valence-corrected chi connectivity index (χ4v) is 3.92. The molecule has 0 aliphatic heterocycles. The number of aryl methyl sites for hydroxylation is 2. The van der Waals surface area contributed by atoms with Crippen LogP contribution in [0.5, 0.6) is 0 Å². The lowest BCUT2D eigenvalue weighted by molar-refractivity contribution is -0.119. The average Bonchev–Trinajstić information content (AvgIpc) is 3.09. The summed E-state index contributed by atoms with van der Waals surface area (Å²) in [6.45, 7) is 4.01.